The Bertz CT molecular complexity index is 484. The molecule has 1 aromatic carbocycles. The summed E-state index contributed by atoms with van der Waals surface area (Å²) in [5.41, 5.74) is 6.20. The Morgan fingerprint density at radius 2 is 1.95 bits per heavy atom. The van der Waals surface area contributed by atoms with Gasteiger partial charge in [0.2, 0.25) is 0 Å². The summed E-state index contributed by atoms with van der Waals surface area (Å²) in [6.45, 7) is 4.60. The quantitative estimate of drug-likeness (QED) is 0.841. The molecule has 0 saturated heterocycles. The van der Waals surface area contributed by atoms with Crippen LogP contribution in [0.4, 0.5) is 0 Å². The maximum atomic E-state index is 11.8. The third kappa shape index (κ3) is 2.51. The van der Waals surface area contributed by atoms with Gasteiger partial charge >= 0.3 is 5.97 Å². The molecule has 0 spiro atoms. The number of ether oxygens (including phenoxy) is 3. The lowest BCUT2D eigenvalue weighted by Crippen LogP contribution is -2.37. The third-order valence-corrected chi connectivity index (χ3v) is 3.41. The second-order valence-electron chi connectivity index (χ2n) is 5.09. The zero-order valence-corrected chi connectivity index (χ0v) is 11.4. The number of esters is 1. The summed E-state index contributed by atoms with van der Waals surface area (Å²) in [6.07, 6.45) is 0. The summed E-state index contributed by atoms with van der Waals surface area (Å²) < 4.78 is 15.8. The van der Waals surface area contributed by atoms with Crippen LogP contribution < -0.4 is 15.2 Å². The molecule has 0 unspecified atom stereocenters. The fourth-order valence-corrected chi connectivity index (χ4v) is 2.06. The Labute approximate surface area is 112 Å². The van der Waals surface area contributed by atoms with Crippen LogP contribution in [-0.4, -0.2) is 26.3 Å². The van der Waals surface area contributed by atoms with Gasteiger partial charge in [-0.15, -0.1) is 0 Å². The van der Waals surface area contributed by atoms with Crippen LogP contribution in [0.15, 0.2) is 18.2 Å². The highest BCUT2D eigenvalue weighted by Gasteiger charge is 2.37. The smallest absolute Gasteiger partial charge is 0.313 e. The molecule has 0 fully saturated rings. The molecule has 2 rings (SSSR count). The van der Waals surface area contributed by atoms with E-state index in [4.69, 9.17) is 19.9 Å². The molecule has 0 radical (unpaired) electrons. The SMILES string of the molecule is COC(=O)C(C)(C)[C@@H](N)c1ccc2c(c1)OCCO2. The molecular weight excluding hydrogens is 246 g/mol. The maximum absolute atomic E-state index is 11.8. The number of carbonyl (C=O) groups is 1. The first-order valence-corrected chi connectivity index (χ1v) is 6.20. The highest BCUT2D eigenvalue weighted by Crippen LogP contribution is 2.37. The summed E-state index contributed by atoms with van der Waals surface area (Å²) in [6, 6.07) is 5.01. The van der Waals surface area contributed by atoms with Gasteiger partial charge < -0.3 is 19.9 Å². The van der Waals surface area contributed by atoms with E-state index in [1.165, 1.54) is 7.11 Å². The zero-order chi connectivity index (χ0) is 14.0. The van der Waals surface area contributed by atoms with Gasteiger partial charge in [0.15, 0.2) is 11.5 Å². The molecule has 1 atom stereocenters. The van der Waals surface area contributed by atoms with Crippen LogP contribution in [0, 0.1) is 5.41 Å². The van der Waals surface area contributed by atoms with Crippen molar-refractivity contribution in [3.8, 4) is 11.5 Å². The minimum Gasteiger partial charge on any atom is -0.486 e. The predicted octanol–water partition coefficient (Wildman–Crippen LogP) is 1.66. The number of hydrogen-bond donors (Lipinski definition) is 1. The van der Waals surface area contributed by atoms with Crippen LogP contribution in [0.3, 0.4) is 0 Å². The Balaban J connectivity index is 2.29. The summed E-state index contributed by atoms with van der Waals surface area (Å²) in [4.78, 5) is 11.8. The first-order chi connectivity index (χ1) is 8.96. The van der Waals surface area contributed by atoms with Crippen LogP contribution in [0.1, 0.15) is 25.5 Å². The van der Waals surface area contributed by atoms with E-state index in [1.807, 2.05) is 18.2 Å². The lowest BCUT2D eigenvalue weighted by molar-refractivity contribution is -0.152. The first-order valence-electron chi connectivity index (χ1n) is 6.20. The molecule has 5 nitrogen and oxygen atoms in total. The van der Waals surface area contributed by atoms with Gasteiger partial charge in [-0.2, -0.15) is 0 Å². The molecular formula is C14H19NO4. The van der Waals surface area contributed by atoms with Crippen molar-refractivity contribution >= 4 is 5.97 Å². The van der Waals surface area contributed by atoms with Gasteiger partial charge in [0, 0.05) is 6.04 Å². The van der Waals surface area contributed by atoms with Crippen molar-refractivity contribution in [2.24, 2.45) is 11.1 Å². The number of methoxy groups -OCH3 is 1. The molecule has 5 heteroatoms. The van der Waals surface area contributed by atoms with E-state index >= 15 is 0 Å². The van der Waals surface area contributed by atoms with Crippen molar-refractivity contribution in [1.82, 2.24) is 0 Å². The van der Waals surface area contributed by atoms with Gasteiger partial charge in [-0.3, -0.25) is 4.79 Å². The third-order valence-electron chi connectivity index (χ3n) is 3.41. The minimum atomic E-state index is -0.807. The maximum Gasteiger partial charge on any atom is 0.313 e. The number of carbonyl (C=O) groups excluding carboxylic acids is 1. The van der Waals surface area contributed by atoms with E-state index in [2.05, 4.69) is 0 Å². The summed E-state index contributed by atoms with van der Waals surface area (Å²) >= 11 is 0. The number of benzene rings is 1. The fourth-order valence-electron chi connectivity index (χ4n) is 2.06. The molecule has 1 aliphatic rings. The minimum absolute atomic E-state index is 0.338. The monoisotopic (exact) mass is 265 g/mol. The van der Waals surface area contributed by atoms with Crippen molar-refractivity contribution in [3.63, 3.8) is 0 Å². The Hall–Kier alpha value is -1.75. The van der Waals surface area contributed by atoms with Crippen molar-refractivity contribution in [1.29, 1.82) is 0 Å². The number of fused-ring (bicyclic) bond motifs is 1. The summed E-state index contributed by atoms with van der Waals surface area (Å²) in [5.74, 6) is 1.04. The molecule has 0 amide bonds. The molecule has 19 heavy (non-hydrogen) atoms. The van der Waals surface area contributed by atoms with Gasteiger partial charge in [0.25, 0.3) is 0 Å². The zero-order valence-electron chi connectivity index (χ0n) is 11.4. The molecule has 0 aliphatic carbocycles. The average Bonchev–Trinajstić information content (AvgIpc) is 2.44. The number of nitrogens with two attached hydrogens (primary N) is 1. The average molecular weight is 265 g/mol. The van der Waals surface area contributed by atoms with Crippen molar-refractivity contribution in [2.45, 2.75) is 19.9 Å². The van der Waals surface area contributed by atoms with Crippen LogP contribution >= 0.6 is 0 Å². The molecule has 1 aromatic rings. The van der Waals surface area contributed by atoms with E-state index in [0.29, 0.717) is 24.7 Å². The molecule has 104 valence electrons. The second kappa shape index (κ2) is 5.09. The number of rotatable bonds is 3. The second-order valence-corrected chi connectivity index (χ2v) is 5.09. The summed E-state index contributed by atoms with van der Waals surface area (Å²) in [7, 11) is 1.36. The predicted molar refractivity (Wildman–Crippen MR) is 70.2 cm³/mol. The highest BCUT2D eigenvalue weighted by molar-refractivity contribution is 5.77. The van der Waals surface area contributed by atoms with Gasteiger partial charge in [-0.25, -0.2) is 0 Å². The van der Waals surface area contributed by atoms with Crippen molar-refractivity contribution in [3.05, 3.63) is 23.8 Å². The van der Waals surface area contributed by atoms with Gasteiger partial charge in [0.1, 0.15) is 13.2 Å². The highest BCUT2D eigenvalue weighted by atomic mass is 16.6. The normalized spacial score (nSPS) is 15.8. The van der Waals surface area contributed by atoms with Crippen LogP contribution in [0.25, 0.3) is 0 Å². The lowest BCUT2D eigenvalue weighted by Gasteiger charge is -2.29. The van der Waals surface area contributed by atoms with E-state index in [1.54, 1.807) is 13.8 Å². The Morgan fingerprint density at radius 1 is 1.32 bits per heavy atom. The van der Waals surface area contributed by atoms with Crippen LogP contribution in [0.2, 0.25) is 0 Å². The first kappa shape index (κ1) is 13.7. The van der Waals surface area contributed by atoms with Crippen LogP contribution in [-0.2, 0) is 9.53 Å². The largest absolute Gasteiger partial charge is 0.486 e. The van der Waals surface area contributed by atoms with Gasteiger partial charge in [-0.05, 0) is 31.5 Å². The molecule has 1 heterocycles. The van der Waals surface area contributed by atoms with Crippen molar-refractivity contribution in [2.75, 3.05) is 20.3 Å². The molecule has 0 bridgehead atoms. The molecule has 2 N–H and O–H groups in total. The number of hydrogen-bond acceptors (Lipinski definition) is 5. The van der Waals surface area contributed by atoms with E-state index in [9.17, 15) is 4.79 Å². The Morgan fingerprint density at radius 3 is 2.58 bits per heavy atom. The van der Waals surface area contributed by atoms with Gasteiger partial charge in [0.05, 0.1) is 12.5 Å². The standard InChI is InChI=1S/C14H19NO4/c1-14(2,13(16)17-3)12(15)9-4-5-10-11(8-9)19-7-6-18-10/h4-5,8,12H,6-7,15H2,1-3H3/t12-/m0/s1. The Kier molecular flexibility index (Phi) is 3.66. The van der Waals surface area contributed by atoms with E-state index < -0.39 is 11.5 Å². The van der Waals surface area contributed by atoms with Crippen molar-refractivity contribution < 1.29 is 19.0 Å². The molecule has 0 saturated carbocycles. The fraction of sp³-hybridized carbons (Fsp3) is 0.500. The summed E-state index contributed by atoms with van der Waals surface area (Å²) in [5, 5.41) is 0. The van der Waals surface area contributed by atoms with Gasteiger partial charge in [-0.1, -0.05) is 6.07 Å². The lowest BCUT2D eigenvalue weighted by atomic mass is 9.81. The molecule has 1 aliphatic heterocycles. The molecule has 0 aromatic heterocycles. The van der Waals surface area contributed by atoms with E-state index in [-0.39, 0.29) is 5.97 Å². The van der Waals surface area contributed by atoms with E-state index in [0.717, 1.165) is 5.56 Å². The van der Waals surface area contributed by atoms with Crippen LogP contribution in [0.5, 0.6) is 11.5 Å². The topological polar surface area (TPSA) is 70.8 Å².